The SMILES string of the molecule is C=C1CC2(CCN(C(=O)OCC)CC2)Oc2ccc(Br)cc21. The highest BCUT2D eigenvalue weighted by molar-refractivity contribution is 9.10. The molecule has 22 heavy (non-hydrogen) atoms. The Bertz CT molecular complexity index is 606. The van der Waals surface area contributed by atoms with Crippen LogP contribution in [0.25, 0.3) is 5.57 Å². The van der Waals surface area contributed by atoms with Crippen molar-refractivity contribution in [3.8, 4) is 5.75 Å². The zero-order valence-corrected chi connectivity index (χ0v) is 14.3. The molecule has 1 aromatic rings. The molecule has 1 saturated heterocycles. The molecule has 0 aromatic heterocycles. The van der Waals surface area contributed by atoms with E-state index in [0.717, 1.165) is 40.6 Å². The fourth-order valence-electron chi connectivity index (χ4n) is 3.21. The van der Waals surface area contributed by atoms with E-state index in [9.17, 15) is 4.79 Å². The highest BCUT2D eigenvalue weighted by Crippen LogP contribution is 2.44. The summed E-state index contributed by atoms with van der Waals surface area (Å²) >= 11 is 3.49. The van der Waals surface area contributed by atoms with Crippen LogP contribution in [0.15, 0.2) is 29.3 Å². The summed E-state index contributed by atoms with van der Waals surface area (Å²) in [6, 6.07) is 6.03. The van der Waals surface area contributed by atoms with Gasteiger partial charge in [0.1, 0.15) is 11.4 Å². The molecular formula is C17H20BrNO3. The van der Waals surface area contributed by atoms with Crippen LogP contribution in [0.1, 0.15) is 31.7 Å². The predicted octanol–water partition coefficient (Wildman–Crippen LogP) is 4.24. The van der Waals surface area contributed by atoms with Gasteiger partial charge in [0, 0.05) is 42.4 Å². The van der Waals surface area contributed by atoms with Crippen molar-refractivity contribution in [1.29, 1.82) is 0 Å². The van der Waals surface area contributed by atoms with Crippen LogP contribution in [0.2, 0.25) is 0 Å². The largest absolute Gasteiger partial charge is 0.486 e. The van der Waals surface area contributed by atoms with Gasteiger partial charge >= 0.3 is 6.09 Å². The minimum Gasteiger partial charge on any atom is -0.486 e. The summed E-state index contributed by atoms with van der Waals surface area (Å²) in [5.74, 6) is 0.893. The molecule has 3 rings (SSSR count). The summed E-state index contributed by atoms with van der Waals surface area (Å²) in [5, 5.41) is 0. The average Bonchev–Trinajstić information content (AvgIpc) is 2.49. The lowest BCUT2D eigenvalue weighted by Crippen LogP contribution is -2.51. The van der Waals surface area contributed by atoms with Gasteiger partial charge in [-0.25, -0.2) is 4.79 Å². The molecule has 4 nitrogen and oxygen atoms in total. The summed E-state index contributed by atoms with van der Waals surface area (Å²) in [4.78, 5) is 13.6. The van der Waals surface area contributed by atoms with Gasteiger partial charge in [-0.3, -0.25) is 0 Å². The molecule has 0 N–H and O–H groups in total. The summed E-state index contributed by atoms with van der Waals surface area (Å²) in [5.41, 5.74) is 1.95. The number of fused-ring (bicyclic) bond motifs is 1. The Morgan fingerprint density at radius 3 is 2.86 bits per heavy atom. The first-order valence-electron chi connectivity index (χ1n) is 7.61. The standard InChI is InChI=1S/C17H20BrNO3/c1-3-21-16(20)19-8-6-17(7-9-19)11-12(2)14-10-13(18)4-5-15(14)22-17/h4-5,10H,2-3,6-9,11H2,1H3. The summed E-state index contributed by atoms with van der Waals surface area (Å²) in [7, 11) is 0. The first-order chi connectivity index (χ1) is 10.5. The van der Waals surface area contributed by atoms with Crippen LogP contribution in [0.5, 0.6) is 5.75 Å². The van der Waals surface area contributed by atoms with E-state index >= 15 is 0 Å². The summed E-state index contributed by atoms with van der Waals surface area (Å²) < 4.78 is 12.4. The Labute approximate surface area is 139 Å². The Morgan fingerprint density at radius 2 is 2.18 bits per heavy atom. The molecule has 0 saturated carbocycles. The maximum Gasteiger partial charge on any atom is 0.409 e. The number of piperidine rings is 1. The van der Waals surface area contributed by atoms with E-state index in [-0.39, 0.29) is 11.7 Å². The second kappa shape index (κ2) is 5.95. The number of carbonyl (C=O) groups is 1. The molecule has 1 fully saturated rings. The molecule has 0 aliphatic carbocycles. The van der Waals surface area contributed by atoms with Crippen LogP contribution in [0.4, 0.5) is 4.79 Å². The summed E-state index contributed by atoms with van der Waals surface area (Å²) in [6.45, 7) is 7.79. The lowest BCUT2D eigenvalue weighted by atomic mass is 9.81. The number of rotatable bonds is 1. The van der Waals surface area contributed by atoms with Crippen molar-refractivity contribution in [3.63, 3.8) is 0 Å². The van der Waals surface area contributed by atoms with E-state index in [4.69, 9.17) is 9.47 Å². The molecule has 0 atom stereocenters. The normalized spacial score (nSPS) is 19.5. The van der Waals surface area contributed by atoms with Gasteiger partial charge in [0.2, 0.25) is 0 Å². The van der Waals surface area contributed by atoms with Crippen LogP contribution in [-0.4, -0.2) is 36.3 Å². The van der Waals surface area contributed by atoms with E-state index in [0.29, 0.717) is 19.7 Å². The molecule has 5 heteroatoms. The van der Waals surface area contributed by atoms with Gasteiger partial charge in [0.15, 0.2) is 0 Å². The molecule has 118 valence electrons. The number of carbonyl (C=O) groups excluding carboxylic acids is 1. The predicted molar refractivity (Wildman–Crippen MR) is 89.0 cm³/mol. The van der Waals surface area contributed by atoms with Gasteiger partial charge in [-0.1, -0.05) is 22.5 Å². The maximum absolute atomic E-state index is 11.8. The molecule has 2 heterocycles. The zero-order valence-electron chi connectivity index (χ0n) is 12.7. The van der Waals surface area contributed by atoms with E-state index in [1.165, 1.54) is 0 Å². The Morgan fingerprint density at radius 1 is 1.45 bits per heavy atom. The van der Waals surface area contributed by atoms with Gasteiger partial charge in [-0.15, -0.1) is 0 Å². The summed E-state index contributed by atoms with van der Waals surface area (Å²) in [6.07, 6.45) is 2.20. The van der Waals surface area contributed by atoms with Crippen LogP contribution >= 0.6 is 15.9 Å². The smallest absolute Gasteiger partial charge is 0.409 e. The first-order valence-corrected chi connectivity index (χ1v) is 8.41. The van der Waals surface area contributed by atoms with Gasteiger partial charge in [0.05, 0.1) is 6.61 Å². The molecule has 0 radical (unpaired) electrons. The highest BCUT2D eigenvalue weighted by Gasteiger charge is 2.42. The number of benzene rings is 1. The number of hydrogen-bond acceptors (Lipinski definition) is 3. The van der Waals surface area contributed by atoms with Crippen molar-refractivity contribution >= 4 is 27.6 Å². The lowest BCUT2D eigenvalue weighted by Gasteiger charge is -2.44. The highest BCUT2D eigenvalue weighted by atomic mass is 79.9. The Kier molecular flexibility index (Phi) is 4.17. The van der Waals surface area contributed by atoms with Crippen LogP contribution in [0.3, 0.4) is 0 Å². The average molecular weight is 366 g/mol. The van der Waals surface area contributed by atoms with Gasteiger partial charge in [0.25, 0.3) is 0 Å². The Hall–Kier alpha value is -1.49. The molecule has 1 spiro atoms. The molecule has 2 aliphatic heterocycles. The number of likely N-dealkylation sites (tertiary alicyclic amines) is 1. The number of amides is 1. The number of hydrogen-bond donors (Lipinski definition) is 0. The van der Waals surface area contributed by atoms with Gasteiger partial charge in [-0.05, 0) is 30.7 Å². The second-order valence-electron chi connectivity index (χ2n) is 5.89. The quantitative estimate of drug-likeness (QED) is 0.747. The van der Waals surface area contributed by atoms with Crippen molar-refractivity contribution < 1.29 is 14.3 Å². The first kappa shape index (κ1) is 15.4. The fraction of sp³-hybridized carbons (Fsp3) is 0.471. The monoisotopic (exact) mass is 365 g/mol. The fourth-order valence-corrected chi connectivity index (χ4v) is 3.57. The van der Waals surface area contributed by atoms with Crippen molar-refractivity contribution in [2.24, 2.45) is 0 Å². The minimum atomic E-state index is -0.235. The third kappa shape index (κ3) is 2.86. The molecule has 1 aromatic carbocycles. The second-order valence-corrected chi connectivity index (χ2v) is 6.81. The number of nitrogens with zero attached hydrogens (tertiary/aromatic N) is 1. The minimum absolute atomic E-state index is 0.226. The molecule has 0 bridgehead atoms. The topological polar surface area (TPSA) is 38.8 Å². The van der Waals surface area contributed by atoms with E-state index in [2.05, 4.69) is 28.6 Å². The van der Waals surface area contributed by atoms with Crippen molar-refractivity contribution in [1.82, 2.24) is 4.90 Å². The molecular weight excluding hydrogens is 346 g/mol. The molecule has 2 aliphatic rings. The molecule has 0 unspecified atom stereocenters. The van der Waals surface area contributed by atoms with Gasteiger partial charge in [-0.2, -0.15) is 0 Å². The van der Waals surface area contributed by atoms with Crippen LogP contribution in [-0.2, 0) is 4.74 Å². The van der Waals surface area contributed by atoms with Crippen LogP contribution in [0, 0.1) is 0 Å². The van der Waals surface area contributed by atoms with Crippen molar-refractivity contribution in [3.05, 3.63) is 34.8 Å². The van der Waals surface area contributed by atoms with Crippen LogP contribution < -0.4 is 4.74 Å². The van der Waals surface area contributed by atoms with E-state index in [1.807, 2.05) is 19.1 Å². The van der Waals surface area contributed by atoms with Crippen molar-refractivity contribution in [2.75, 3.05) is 19.7 Å². The maximum atomic E-state index is 11.8. The lowest BCUT2D eigenvalue weighted by molar-refractivity contribution is 0.0000603. The number of ether oxygens (including phenoxy) is 2. The number of halogens is 1. The van der Waals surface area contributed by atoms with E-state index in [1.54, 1.807) is 4.90 Å². The molecule has 1 amide bonds. The van der Waals surface area contributed by atoms with Crippen molar-refractivity contribution in [2.45, 2.75) is 31.8 Å². The van der Waals surface area contributed by atoms with E-state index < -0.39 is 0 Å². The zero-order chi connectivity index (χ0) is 15.7. The third-order valence-electron chi connectivity index (χ3n) is 4.39. The van der Waals surface area contributed by atoms with Gasteiger partial charge < -0.3 is 14.4 Å². The third-order valence-corrected chi connectivity index (χ3v) is 4.88. The Balaban J connectivity index is 1.73.